The lowest BCUT2D eigenvalue weighted by Crippen LogP contribution is -2.37. The lowest BCUT2D eigenvalue weighted by atomic mass is 10.2. The number of hydrogen-bond donors (Lipinski definition) is 2. The van der Waals surface area contributed by atoms with Crippen molar-refractivity contribution in [2.45, 2.75) is 39.2 Å². The maximum absolute atomic E-state index is 5.22. The summed E-state index contributed by atoms with van der Waals surface area (Å²) in [5.41, 5.74) is 1.10. The number of nitrogens with zero attached hydrogens (tertiary/aromatic N) is 5. The first-order valence-electron chi connectivity index (χ1n) is 7.84. The molecule has 2 aromatic heterocycles. The third-order valence-electron chi connectivity index (χ3n) is 3.44. The monoisotopic (exact) mass is 319 g/mol. The lowest BCUT2D eigenvalue weighted by molar-refractivity contribution is 0.368. The van der Waals surface area contributed by atoms with Crippen molar-refractivity contribution in [1.82, 2.24) is 30.6 Å². The first-order valence-corrected chi connectivity index (χ1v) is 7.84. The molecule has 0 amide bonds. The van der Waals surface area contributed by atoms with Crippen molar-refractivity contribution in [3.05, 3.63) is 29.7 Å². The van der Waals surface area contributed by atoms with Gasteiger partial charge in [0.15, 0.2) is 11.8 Å². The minimum Gasteiger partial charge on any atom is -0.356 e. The minimum atomic E-state index is 0.292. The van der Waals surface area contributed by atoms with Crippen LogP contribution in [-0.4, -0.2) is 39.5 Å². The van der Waals surface area contributed by atoms with E-state index in [-0.39, 0.29) is 0 Å². The smallest absolute Gasteiger partial charge is 0.226 e. The topological polar surface area (TPSA) is 93.2 Å². The Morgan fingerprint density at radius 2 is 2.22 bits per heavy atom. The zero-order chi connectivity index (χ0) is 16.7. The molecular weight excluding hydrogens is 294 g/mol. The molecule has 8 heteroatoms. The summed E-state index contributed by atoms with van der Waals surface area (Å²) in [6.07, 6.45) is 3.43. The van der Waals surface area contributed by atoms with Crippen LogP contribution in [0.3, 0.4) is 0 Å². The van der Waals surface area contributed by atoms with Crippen molar-refractivity contribution in [2.24, 2.45) is 12.0 Å². The Labute approximate surface area is 136 Å². The number of aliphatic imine (C=N–C) groups is 1. The Morgan fingerprint density at radius 1 is 1.39 bits per heavy atom. The second kappa shape index (κ2) is 8.30. The average Bonchev–Trinajstić information content (AvgIpc) is 3.16. The van der Waals surface area contributed by atoms with Crippen LogP contribution in [0.25, 0.3) is 0 Å². The first-order chi connectivity index (χ1) is 11.1. The molecule has 0 spiro atoms. The molecule has 0 aliphatic heterocycles. The van der Waals surface area contributed by atoms with Crippen molar-refractivity contribution < 1.29 is 4.52 Å². The van der Waals surface area contributed by atoms with E-state index in [4.69, 9.17) is 4.52 Å². The van der Waals surface area contributed by atoms with Crippen LogP contribution in [0.15, 0.2) is 21.8 Å². The van der Waals surface area contributed by atoms with Crippen LogP contribution >= 0.6 is 0 Å². The lowest BCUT2D eigenvalue weighted by Gasteiger charge is -2.11. The molecule has 2 rings (SSSR count). The fourth-order valence-corrected chi connectivity index (χ4v) is 2.02. The molecule has 0 saturated carbocycles. The maximum Gasteiger partial charge on any atom is 0.226 e. The molecule has 0 aliphatic rings. The highest BCUT2D eigenvalue weighted by atomic mass is 16.5. The summed E-state index contributed by atoms with van der Waals surface area (Å²) >= 11 is 0. The van der Waals surface area contributed by atoms with Gasteiger partial charge in [-0.3, -0.25) is 9.67 Å². The van der Waals surface area contributed by atoms with Gasteiger partial charge in [0.1, 0.15) is 0 Å². The van der Waals surface area contributed by atoms with E-state index in [0.717, 1.165) is 36.9 Å². The van der Waals surface area contributed by atoms with Gasteiger partial charge in [-0.05, 0) is 12.5 Å². The van der Waals surface area contributed by atoms with Crippen molar-refractivity contribution in [2.75, 3.05) is 13.6 Å². The number of guanidine groups is 1. The van der Waals surface area contributed by atoms with E-state index >= 15 is 0 Å². The van der Waals surface area contributed by atoms with Gasteiger partial charge in [-0.25, -0.2) is 0 Å². The van der Waals surface area contributed by atoms with Gasteiger partial charge in [-0.2, -0.15) is 10.1 Å². The van der Waals surface area contributed by atoms with Crippen LogP contribution in [0.4, 0.5) is 0 Å². The van der Waals surface area contributed by atoms with Crippen molar-refractivity contribution in [3.8, 4) is 0 Å². The molecule has 0 unspecified atom stereocenters. The Kier molecular flexibility index (Phi) is 6.13. The van der Waals surface area contributed by atoms with Crippen molar-refractivity contribution in [3.63, 3.8) is 0 Å². The minimum absolute atomic E-state index is 0.292. The van der Waals surface area contributed by atoms with E-state index in [1.807, 2.05) is 31.6 Å². The van der Waals surface area contributed by atoms with Gasteiger partial charge in [0.25, 0.3) is 0 Å². The molecule has 0 radical (unpaired) electrons. The number of hydrogen-bond acceptors (Lipinski definition) is 5. The fraction of sp³-hybridized carbons (Fsp3) is 0.600. The van der Waals surface area contributed by atoms with E-state index in [0.29, 0.717) is 18.4 Å². The SMILES string of the molecule is CN=C(NCCCc1nc(C(C)C)no1)NCc1ccnn1C. The van der Waals surface area contributed by atoms with Gasteiger partial charge >= 0.3 is 0 Å². The molecule has 23 heavy (non-hydrogen) atoms. The molecule has 0 fully saturated rings. The summed E-state index contributed by atoms with van der Waals surface area (Å²) < 4.78 is 7.06. The third kappa shape index (κ3) is 5.08. The Morgan fingerprint density at radius 3 is 2.83 bits per heavy atom. The summed E-state index contributed by atoms with van der Waals surface area (Å²) in [5, 5.41) is 14.6. The van der Waals surface area contributed by atoms with Crippen LogP contribution in [-0.2, 0) is 20.0 Å². The van der Waals surface area contributed by atoms with Crippen LogP contribution in [0.1, 0.15) is 43.6 Å². The van der Waals surface area contributed by atoms with Crippen LogP contribution < -0.4 is 10.6 Å². The molecule has 0 aromatic carbocycles. The van der Waals surface area contributed by atoms with E-state index < -0.39 is 0 Å². The second-order valence-corrected chi connectivity index (χ2v) is 5.60. The Bertz CT molecular complexity index is 629. The van der Waals surface area contributed by atoms with E-state index in [9.17, 15) is 0 Å². The molecule has 0 bridgehead atoms. The molecule has 2 N–H and O–H groups in total. The maximum atomic E-state index is 5.22. The van der Waals surface area contributed by atoms with Crippen LogP contribution in [0.5, 0.6) is 0 Å². The number of nitrogens with one attached hydrogen (secondary N) is 2. The summed E-state index contributed by atoms with van der Waals surface area (Å²) in [7, 11) is 3.68. The molecule has 0 aliphatic carbocycles. The summed E-state index contributed by atoms with van der Waals surface area (Å²) in [6, 6.07) is 1.97. The predicted octanol–water partition coefficient (Wildman–Crippen LogP) is 1.22. The standard InChI is InChI=1S/C15H25N7O/c1-11(2)14-20-13(23-21-14)6-5-8-17-15(16-3)18-10-12-7-9-19-22(12)4/h7,9,11H,5-6,8,10H2,1-4H3,(H2,16,17,18). The van der Waals surface area contributed by atoms with Gasteiger partial charge in [0.05, 0.1) is 12.2 Å². The predicted molar refractivity (Wildman–Crippen MR) is 88.1 cm³/mol. The van der Waals surface area contributed by atoms with Crippen LogP contribution in [0.2, 0.25) is 0 Å². The molecule has 2 heterocycles. The normalized spacial score (nSPS) is 12.0. The Hall–Kier alpha value is -2.38. The van der Waals surface area contributed by atoms with Gasteiger partial charge in [-0.1, -0.05) is 19.0 Å². The fourth-order valence-electron chi connectivity index (χ4n) is 2.02. The first kappa shape index (κ1) is 17.0. The zero-order valence-electron chi connectivity index (χ0n) is 14.2. The average molecular weight is 319 g/mol. The van der Waals surface area contributed by atoms with Crippen molar-refractivity contribution >= 4 is 5.96 Å². The van der Waals surface area contributed by atoms with Gasteiger partial charge in [0.2, 0.25) is 5.89 Å². The van der Waals surface area contributed by atoms with Gasteiger partial charge < -0.3 is 15.2 Å². The van der Waals surface area contributed by atoms with Gasteiger partial charge in [0, 0.05) is 39.2 Å². The Balaban J connectivity index is 1.68. The number of aromatic nitrogens is 4. The molecule has 0 atom stereocenters. The number of rotatable bonds is 7. The highest BCUT2D eigenvalue weighted by Crippen LogP contribution is 2.10. The zero-order valence-corrected chi connectivity index (χ0v) is 14.2. The third-order valence-corrected chi connectivity index (χ3v) is 3.44. The van der Waals surface area contributed by atoms with Gasteiger partial charge in [-0.15, -0.1) is 0 Å². The second-order valence-electron chi connectivity index (χ2n) is 5.60. The molecular formula is C15H25N7O. The summed E-state index contributed by atoms with van der Waals surface area (Å²) in [6.45, 7) is 5.56. The van der Waals surface area contributed by atoms with Crippen LogP contribution in [0, 0.1) is 0 Å². The van der Waals surface area contributed by atoms with E-state index in [1.54, 1.807) is 13.2 Å². The van der Waals surface area contributed by atoms with E-state index in [1.165, 1.54) is 0 Å². The quantitative estimate of drug-likeness (QED) is 0.453. The molecule has 126 valence electrons. The molecule has 8 nitrogen and oxygen atoms in total. The largest absolute Gasteiger partial charge is 0.356 e. The highest BCUT2D eigenvalue weighted by Gasteiger charge is 2.09. The highest BCUT2D eigenvalue weighted by molar-refractivity contribution is 5.79. The molecule has 2 aromatic rings. The summed E-state index contributed by atoms with van der Waals surface area (Å²) in [5.74, 6) is 2.51. The van der Waals surface area contributed by atoms with E-state index in [2.05, 4.69) is 30.9 Å². The number of aryl methyl sites for hydroxylation is 2. The van der Waals surface area contributed by atoms with Crippen molar-refractivity contribution in [1.29, 1.82) is 0 Å². The summed E-state index contributed by atoms with van der Waals surface area (Å²) in [4.78, 5) is 8.57. The molecule has 0 saturated heterocycles.